The van der Waals surface area contributed by atoms with E-state index in [0.717, 1.165) is 0 Å². The van der Waals surface area contributed by atoms with Crippen LogP contribution in [0.1, 0.15) is 20.8 Å². The Morgan fingerprint density at radius 1 is 1.36 bits per heavy atom. The summed E-state index contributed by atoms with van der Waals surface area (Å²) in [5, 5.41) is 2.56. The Bertz CT molecular complexity index is 114. The number of rotatable bonds is 5. The highest BCUT2D eigenvalue weighted by atomic mass is 31.2. The van der Waals surface area contributed by atoms with Crippen molar-refractivity contribution in [3.63, 3.8) is 0 Å². The van der Waals surface area contributed by atoms with Crippen molar-refractivity contribution in [2.45, 2.75) is 20.8 Å². The Morgan fingerprint density at radius 3 is 2.09 bits per heavy atom. The molecule has 5 heteroatoms. The van der Waals surface area contributed by atoms with Gasteiger partial charge in [-0.25, -0.2) is 0 Å². The average Bonchev–Trinajstić information content (AvgIpc) is 1.87. The Morgan fingerprint density at radius 2 is 1.82 bits per heavy atom. The lowest BCUT2D eigenvalue weighted by molar-refractivity contribution is -0.117. The van der Waals surface area contributed by atoms with Gasteiger partial charge in [0.1, 0.15) is 0 Å². The van der Waals surface area contributed by atoms with E-state index < -0.39 is 8.53 Å². The molecule has 0 atom stereocenters. The fourth-order valence-corrected chi connectivity index (χ4v) is 1.39. The molecule has 0 aliphatic rings. The lowest BCUT2D eigenvalue weighted by atomic mass is 10.8. The van der Waals surface area contributed by atoms with E-state index >= 15 is 0 Å². The van der Waals surface area contributed by atoms with Crippen LogP contribution in [0.3, 0.4) is 0 Å². The number of nitrogens with one attached hydrogen (secondary N) is 1. The summed E-state index contributed by atoms with van der Waals surface area (Å²) in [5.74, 6) is -0.127. The molecule has 0 spiro atoms. The van der Waals surface area contributed by atoms with Gasteiger partial charge in [-0.2, -0.15) is 0 Å². The highest BCUT2D eigenvalue weighted by molar-refractivity contribution is 7.45. The first-order valence-electron chi connectivity index (χ1n) is 3.53. The summed E-state index contributed by atoms with van der Waals surface area (Å²) in [6.45, 7) is 6.25. The number of amides is 1. The average molecular weight is 179 g/mol. The monoisotopic (exact) mass is 179 g/mol. The van der Waals surface area contributed by atoms with Crippen molar-refractivity contribution >= 4 is 14.4 Å². The maximum absolute atomic E-state index is 10.5. The van der Waals surface area contributed by atoms with Gasteiger partial charge in [0.25, 0.3) is 8.53 Å². The minimum atomic E-state index is -1.20. The predicted octanol–water partition coefficient (Wildman–Crippen LogP) is 1.42. The molecule has 0 heterocycles. The number of hydrogen-bond donors (Lipinski definition) is 1. The van der Waals surface area contributed by atoms with Crippen molar-refractivity contribution in [3.05, 3.63) is 0 Å². The van der Waals surface area contributed by atoms with Crippen molar-refractivity contribution in [3.8, 4) is 0 Å². The predicted molar refractivity (Wildman–Crippen MR) is 44.0 cm³/mol. The number of hydrogen-bond acceptors (Lipinski definition) is 3. The molecule has 4 nitrogen and oxygen atoms in total. The van der Waals surface area contributed by atoms with E-state index in [1.165, 1.54) is 6.92 Å². The lowest BCUT2D eigenvalue weighted by Gasteiger charge is -2.14. The van der Waals surface area contributed by atoms with Crippen molar-refractivity contribution < 1.29 is 13.8 Å². The SMILES string of the molecule is CCOP(NC(C)=O)OCC. The zero-order valence-corrected chi connectivity index (χ0v) is 7.98. The van der Waals surface area contributed by atoms with E-state index in [9.17, 15) is 4.79 Å². The summed E-state index contributed by atoms with van der Waals surface area (Å²) in [5.41, 5.74) is 0. The molecule has 1 N–H and O–H groups in total. The van der Waals surface area contributed by atoms with Gasteiger partial charge in [-0.3, -0.25) is 9.88 Å². The molecule has 0 radical (unpaired) electrons. The van der Waals surface area contributed by atoms with E-state index in [1.54, 1.807) is 0 Å². The molecule has 66 valence electrons. The zero-order valence-electron chi connectivity index (χ0n) is 7.09. The summed E-state index contributed by atoms with van der Waals surface area (Å²) >= 11 is 0. The maximum Gasteiger partial charge on any atom is 0.289 e. The molecular weight excluding hydrogens is 165 g/mol. The fraction of sp³-hybridized carbons (Fsp3) is 0.833. The zero-order chi connectivity index (χ0) is 8.69. The van der Waals surface area contributed by atoms with Crippen molar-refractivity contribution in [2.75, 3.05) is 13.2 Å². The van der Waals surface area contributed by atoms with Gasteiger partial charge in [0, 0.05) is 6.92 Å². The minimum Gasteiger partial charge on any atom is -0.318 e. The second kappa shape index (κ2) is 6.53. The van der Waals surface area contributed by atoms with Crippen LogP contribution in [-0.4, -0.2) is 19.1 Å². The third-order valence-electron chi connectivity index (χ3n) is 0.741. The molecule has 0 saturated heterocycles. The van der Waals surface area contributed by atoms with E-state index in [-0.39, 0.29) is 5.91 Å². The van der Waals surface area contributed by atoms with Gasteiger partial charge >= 0.3 is 0 Å². The summed E-state index contributed by atoms with van der Waals surface area (Å²) in [6.07, 6.45) is 0. The topological polar surface area (TPSA) is 47.6 Å². The van der Waals surface area contributed by atoms with Gasteiger partial charge in [-0.15, -0.1) is 0 Å². The molecule has 0 aromatic heterocycles. The van der Waals surface area contributed by atoms with Gasteiger partial charge in [-0.05, 0) is 13.8 Å². The molecule has 0 saturated carbocycles. The molecule has 0 aliphatic carbocycles. The van der Waals surface area contributed by atoms with Crippen LogP contribution >= 0.6 is 8.53 Å². The van der Waals surface area contributed by atoms with E-state index in [1.807, 2.05) is 13.8 Å². The van der Waals surface area contributed by atoms with Crippen LogP contribution in [0.15, 0.2) is 0 Å². The first-order chi connectivity index (χ1) is 5.20. The molecule has 0 unspecified atom stereocenters. The molecule has 0 aromatic carbocycles. The van der Waals surface area contributed by atoms with Crippen LogP contribution in [0.25, 0.3) is 0 Å². The van der Waals surface area contributed by atoms with Gasteiger partial charge in [-0.1, -0.05) is 0 Å². The highest BCUT2D eigenvalue weighted by Gasteiger charge is 2.09. The summed E-state index contributed by atoms with van der Waals surface area (Å²) in [7, 11) is -1.20. The van der Waals surface area contributed by atoms with E-state index in [4.69, 9.17) is 9.05 Å². The quantitative estimate of drug-likeness (QED) is 0.649. The summed E-state index contributed by atoms with van der Waals surface area (Å²) in [4.78, 5) is 10.5. The van der Waals surface area contributed by atoms with Crippen LogP contribution in [0.5, 0.6) is 0 Å². The first kappa shape index (κ1) is 10.8. The molecule has 0 aromatic rings. The number of carbonyl (C=O) groups is 1. The molecule has 1 amide bonds. The van der Waals surface area contributed by atoms with Crippen molar-refractivity contribution in [1.82, 2.24) is 5.09 Å². The third kappa shape index (κ3) is 6.23. The number of carbonyl (C=O) groups excluding carboxylic acids is 1. The standard InChI is InChI=1S/C6H14NO3P/c1-4-9-11(10-5-2)7-6(3)8/h4-5H2,1-3H3,(H,7,8). The van der Waals surface area contributed by atoms with Crippen LogP contribution in [-0.2, 0) is 13.8 Å². The third-order valence-corrected chi connectivity index (χ3v) is 2.22. The van der Waals surface area contributed by atoms with Crippen LogP contribution < -0.4 is 5.09 Å². The highest BCUT2D eigenvalue weighted by Crippen LogP contribution is 2.32. The Hall–Kier alpha value is -0.180. The fourth-order valence-electron chi connectivity index (χ4n) is 0.465. The van der Waals surface area contributed by atoms with Gasteiger partial charge in [0.15, 0.2) is 0 Å². The Kier molecular flexibility index (Phi) is 6.42. The smallest absolute Gasteiger partial charge is 0.289 e. The Labute approximate surface area is 68.2 Å². The largest absolute Gasteiger partial charge is 0.318 e. The Balaban J connectivity index is 3.59. The van der Waals surface area contributed by atoms with Crippen LogP contribution in [0.4, 0.5) is 0 Å². The van der Waals surface area contributed by atoms with Gasteiger partial charge < -0.3 is 9.05 Å². The van der Waals surface area contributed by atoms with Crippen molar-refractivity contribution in [2.24, 2.45) is 0 Å². The molecule has 0 aliphatic heterocycles. The van der Waals surface area contributed by atoms with Gasteiger partial charge in [0.2, 0.25) is 5.91 Å². The van der Waals surface area contributed by atoms with Crippen molar-refractivity contribution in [1.29, 1.82) is 0 Å². The maximum atomic E-state index is 10.5. The lowest BCUT2D eigenvalue weighted by Crippen LogP contribution is -2.16. The first-order valence-corrected chi connectivity index (χ1v) is 4.71. The molecular formula is C6H14NO3P. The van der Waals surface area contributed by atoms with Crippen LogP contribution in [0.2, 0.25) is 0 Å². The molecule has 11 heavy (non-hydrogen) atoms. The van der Waals surface area contributed by atoms with E-state index in [0.29, 0.717) is 13.2 Å². The summed E-state index contributed by atoms with van der Waals surface area (Å²) < 4.78 is 10.2. The van der Waals surface area contributed by atoms with E-state index in [2.05, 4.69) is 5.09 Å². The molecule has 0 bridgehead atoms. The van der Waals surface area contributed by atoms with Crippen LogP contribution in [0, 0.1) is 0 Å². The van der Waals surface area contributed by atoms with Gasteiger partial charge in [0.05, 0.1) is 13.2 Å². The molecule has 0 rings (SSSR count). The molecule has 0 fully saturated rings. The second-order valence-electron chi connectivity index (χ2n) is 1.76. The second-order valence-corrected chi connectivity index (χ2v) is 3.01. The normalized spacial score (nSPS) is 10.2. The minimum absolute atomic E-state index is 0.127. The summed E-state index contributed by atoms with van der Waals surface area (Å²) in [6, 6.07) is 0.